The maximum Gasteiger partial charge on any atom is 0.318 e. The highest BCUT2D eigenvalue weighted by atomic mass is 16.5. The average Bonchev–Trinajstić information content (AvgIpc) is 2.90. The van der Waals surface area contributed by atoms with Gasteiger partial charge in [-0.3, -0.25) is 0 Å². The molecule has 2 atom stereocenters. The Balaban J connectivity index is 1.30. The lowest BCUT2D eigenvalue weighted by atomic mass is 10.0. The highest BCUT2D eigenvalue weighted by molar-refractivity contribution is 5.88. The van der Waals surface area contributed by atoms with Crippen LogP contribution >= 0.6 is 0 Å². The standard InChI is InChI=1S/C20H24N2O3/c23-17-12-15-8-9-16(13-17)22(15)20(24)21-10-11-25-19-7-3-5-14-4-1-2-6-18(14)19/h1-7,15-17,23H,8-13H2,(H,21,24). The first-order chi connectivity index (χ1) is 12.2. The number of hydrogen-bond acceptors (Lipinski definition) is 3. The fourth-order valence-electron chi connectivity index (χ4n) is 4.21. The van der Waals surface area contributed by atoms with Gasteiger partial charge in [0.25, 0.3) is 0 Å². The molecule has 2 N–H and O–H groups in total. The van der Waals surface area contributed by atoms with Gasteiger partial charge in [0.05, 0.1) is 12.6 Å². The summed E-state index contributed by atoms with van der Waals surface area (Å²) >= 11 is 0. The molecule has 5 nitrogen and oxygen atoms in total. The number of piperidine rings is 1. The Hall–Kier alpha value is -2.27. The zero-order valence-electron chi connectivity index (χ0n) is 14.2. The molecule has 0 spiro atoms. The number of urea groups is 1. The molecule has 2 aliphatic heterocycles. The number of nitrogens with zero attached hydrogens (tertiary/aromatic N) is 1. The first-order valence-corrected chi connectivity index (χ1v) is 9.07. The molecule has 2 aromatic rings. The molecule has 0 aliphatic carbocycles. The minimum atomic E-state index is -0.253. The van der Waals surface area contributed by atoms with E-state index in [2.05, 4.69) is 17.4 Å². The molecular weight excluding hydrogens is 316 g/mol. The van der Waals surface area contributed by atoms with Crippen LogP contribution < -0.4 is 10.1 Å². The minimum Gasteiger partial charge on any atom is -0.491 e. The summed E-state index contributed by atoms with van der Waals surface area (Å²) < 4.78 is 5.87. The molecule has 0 saturated carbocycles. The van der Waals surface area contributed by atoms with Crippen LogP contribution in [0.15, 0.2) is 42.5 Å². The second-order valence-corrected chi connectivity index (χ2v) is 6.98. The third kappa shape index (κ3) is 3.29. The Morgan fingerprint density at radius 2 is 1.84 bits per heavy atom. The Morgan fingerprint density at radius 1 is 1.12 bits per heavy atom. The lowest BCUT2D eigenvalue weighted by Crippen LogP contribution is -2.52. The highest BCUT2D eigenvalue weighted by Crippen LogP contribution is 2.35. The van der Waals surface area contributed by atoms with Crippen LogP contribution in [-0.4, -0.2) is 47.4 Å². The van der Waals surface area contributed by atoms with Gasteiger partial charge in [0, 0.05) is 17.5 Å². The third-order valence-corrected chi connectivity index (χ3v) is 5.33. The first-order valence-electron chi connectivity index (χ1n) is 9.07. The number of carbonyl (C=O) groups excluding carboxylic acids is 1. The second-order valence-electron chi connectivity index (χ2n) is 6.98. The van der Waals surface area contributed by atoms with E-state index in [9.17, 15) is 9.90 Å². The number of benzene rings is 2. The van der Waals surface area contributed by atoms with E-state index < -0.39 is 0 Å². The van der Waals surface area contributed by atoms with Crippen molar-refractivity contribution in [3.05, 3.63) is 42.5 Å². The van der Waals surface area contributed by atoms with Crippen LogP contribution in [0.1, 0.15) is 25.7 Å². The molecule has 2 fully saturated rings. The predicted octanol–water partition coefficient (Wildman–Crippen LogP) is 2.92. The molecule has 2 unspecified atom stereocenters. The summed E-state index contributed by atoms with van der Waals surface area (Å²) in [7, 11) is 0. The summed E-state index contributed by atoms with van der Waals surface area (Å²) in [6.07, 6.45) is 3.16. The zero-order valence-corrected chi connectivity index (χ0v) is 14.2. The largest absolute Gasteiger partial charge is 0.491 e. The Labute approximate surface area is 147 Å². The van der Waals surface area contributed by atoms with Crippen LogP contribution in [0.25, 0.3) is 10.8 Å². The fraction of sp³-hybridized carbons (Fsp3) is 0.450. The van der Waals surface area contributed by atoms with Gasteiger partial charge < -0.3 is 20.1 Å². The highest BCUT2D eigenvalue weighted by Gasteiger charge is 2.42. The van der Waals surface area contributed by atoms with Gasteiger partial charge in [-0.25, -0.2) is 4.79 Å². The zero-order chi connectivity index (χ0) is 17.2. The van der Waals surface area contributed by atoms with Crippen molar-refractivity contribution in [2.45, 2.75) is 43.9 Å². The number of ether oxygens (including phenoxy) is 1. The van der Waals surface area contributed by atoms with E-state index >= 15 is 0 Å². The molecule has 132 valence electrons. The van der Waals surface area contributed by atoms with Crippen molar-refractivity contribution in [1.29, 1.82) is 0 Å². The molecule has 2 aromatic carbocycles. The molecule has 5 heteroatoms. The lowest BCUT2D eigenvalue weighted by Gasteiger charge is -2.37. The normalized spacial score (nSPS) is 25.2. The Bertz CT molecular complexity index is 744. The molecule has 2 saturated heterocycles. The van der Waals surface area contributed by atoms with Gasteiger partial charge in [-0.05, 0) is 37.1 Å². The molecule has 0 radical (unpaired) electrons. The molecule has 0 aromatic heterocycles. The van der Waals surface area contributed by atoms with Crippen molar-refractivity contribution in [2.24, 2.45) is 0 Å². The second kappa shape index (κ2) is 6.92. The van der Waals surface area contributed by atoms with Gasteiger partial charge in [-0.1, -0.05) is 36.4 Å². The van der Waals surface area contributed by atoms with E-state index in [0.717, 1.165) is 29.4 Å². The summed E-state index contributed by atoms with van der Waals surface area (Å²) in [5.41, 5.74) is 0. The summed E-state index contributed by atoms with van der Waals surface area (Å²) in [6, 6.07) is 14.5. The predicted molar refractivity (Wildman–Crippen MR) is 96.7 cm³/mol. The van der Waals surface area contributed by atoms with E-state index in [-0.39, 0.29) is 24.2 Å². The van der Waals surface area contributed by atoms with Gasteiger partial charge in [-0.2, -0.15) is 0 Å². The van der Waals surface area contributed by atoms with E-state index in [1.54, 1.807) is 0 Å². The van der Waals surface area contributed by atoms with Crippen molar-refractivity contribution in [3.8, 4) is 5.75 Å². The van der Waals surface area contributed by atoms with Crippen LogP contribution in [0, 0.1) is 0 Å². The fourth-order valence-corrected chi connectivity index (χ4v) is 4.21. The van der Waals surface area contributed by atoms with Gasteiger partial charge in [0.2, 0.25) is 0 Å². The van der Waals surface area contributed by atoms with Crippen molar-refractivity contribution in [1.82, 2.24) is 10.2 Å². The topological polar surface area (TPSA) is 61.8 Å². The average molecular weight is 340 g/mol. The maximum atomic E-state index is 12.5. The van der Waals surface area contributed by atoms with E-state index in [1.165, 1.54) is 0 Å². The molecule has 2 aliphatic rings. The molecule has 2 heterocycles. The van der Waals surface area contributed by atoms with Gasteiger partial charge in [-0.15, -0.1) is 0 Å². The van der Waals surface area contributed by atoms with Gasteiger partial charge >= 0.3 is 6.03 Å². The quantitative estimate of drug-likeness (QED) is 0.841. The van der Waals surface area contributed by atoms with Crippen molar-refractivity contribution in [2.75, 3.05) is 13.2 Å². The Kier molecular flexibility index (Phi) is 4.49. The van der Waals surface area contributed by atoms with Crippen LogP contribution in [0.3, 0.4) is 0 Å². The van der Waals surface area contributed by atoms with E-state index in [1.807, 2.05) is 35.2 Å². The van der Waals surface area contributed by atoms with Crippen LogP contribution in [0.2, 0.25) is 0 Å². The number of rotatable bonds is 4. The Morgan fingerprint density at radius 3 is 2.64 bits per heavy atom. The monoisotopic (exact) mass is 340 g/mol. The smallest absolute Gasteiger partial charge is 0.318 e. The van der Waals surface area contributed by atoms with Crippen LogP contribution in [0.4, 0.5) is 4.79 Å². The molecule has 2 bridgehead atoms. The SMILES string of the molecule is O=C(NCCOc1cccc2ccccc12)N1C2CCC1CC(O)C2. The molecule has 4 rings (SSSR count). The number of nitrogens with one attached hydrogen (secondary N) is 1. The number of carbonyl (C=O) groups is 1. The van der Waals surface area contributed by atoms with Crippen LogP contribution in [-0.2, 0) is 0 Å². The minimum absolute atomic E-state index is 0.0269. The molecule has 25 heavy (non-hydrogen) atoms. The molecule has 2 amide bonds. The number of fused-ring (bicyclic) bond motifs is 3. The summed E-state index contributed by atoms with van der Waals surface area (Å²) in [4.78, 5) is 14.4. The third-order valence-electron chi connectivity index (χ3n) is 5.33. The summed E-state index contributed by atoms with van der Waals surface area (Å²) in [5, 5.41) is 15.0. The first kappa shape index (κ1) is 16.2. The number of amides is 2. The van der Waals surface area contributed by atoms with E-state index in [0.29, 0.717) is 26.0 Å². The van der Waals surface area contributed by atoms with Crippen LogP contribution in [0.5, 0.6) is 5.75 Å². The number of aliphatic hydroxyl groups is 1. The van der Waals surface area contributed by atoms with Crippen molar-refractivity contribution >= 4 is 16.8 Å². The van der Waals surface area contributed by atoms with Crippen molar-refractivity contribution in [3.63, 3.8) is 0 Å². The number of aliphatic hydroxyl groups excluding tert-OH is 1. The van der Waals surface area contributed by atoms with Crippen molar-refractivity contribution < 1.29 is 14.6 Å². The lowest BCUT2D eigenvalue weighted by molar-refractivity contribution is 0.0540. The maximum absolute atomic E-state index is 12.5. The summed E-state index contributed by atoms with van der Waals surface area (Å²) in [6.45, 7) is 0.909. The van der Waals surface area contributed by atoms with E-state index in [4.69, 9.17) is 4.74 Å². The summed E-state index contributed by atoms with van der Waals surface area (Å²) in [5.74, 6) is 0.841. The molecular formula is C20H24N2O3. The van der Waals surface area contributed by atoms with Gasteiger partial charge in [0.15, 0.2) is 0 Å². The number of hydrogen-bond donors (Lipinski definition) is 2. The van der Waals surface area contributed by atoms with Gasteiger partial charge in [0.1, 0.15) is 12.4 Å².